The minimum absolute atomic E-state index is 0.0122. The van der Waals surface area contributed by atoms with Gasteiger partial charge in [0.2, 0.25) is 5.91 Å². The van der Waals surface area contributed by atoms with Crippen molar-refractivity contribution in [1.82, 2.24) is 19.7 Å². The van der Waals surface area contributed by atoms with Crippen LogP contribution >= 0.6 is 11.8 Å². The van der Waals surface area contributed by atoms with Crippen LogP contribution in [0.4, 0.5) is 4.39 Å². The molecule has 35 heavy (non-hydrogen) atoms. The van der Waals surface area contributed by atoms with Gasteiger partial charge in [-0.2, -0.15) is 0 Å². The van der Waals surface area contributed by atoms with Crippen LogP contribution in [0.1, 0.15) is 18.4 Å². The van der Waals surface area contributed by atoms with Crippen molar-refractivity contribution in [1.29, 1.82) is 0 Å². The van der Waals surface area contributed by atoms with Gasteiger partial charge in [-0.1, -0.05) is 48.2 Å². The average Bonchev–Trinajstić information content (AvgIpc) is 3.53. The number of amides is 1. The highest BCUT2D eigenvalue weighted by atomic mass is 32.2. The predicted octanol–water partition coefficient (Wildman–Crippen LogP) is 5.17. The first-order chi connectivity index (χ1) is 17.1. The van der Waals surface area contributed by atoms with Crippen molar-refractivity contribution in [3.05, 3.63) is 78.1 Å². The number of nitrogens with zero attached hydrogens (tertiary/aromatic N) is 4. The van der Waals surface area contributed by atoms with Crippen molar-refractivity contribution in [3.63, 3.8) is 0 Å². The molecule has 2 heterocycles. The number of thioether (sulfide) groups is 1. The minimum atomic E-state index is -0.298. The largest absolute Gasteiger partial charge is 0.376 e. The molecule has 1 unspecified atom stereocenters. The molecule has 0 bridgehead atoms. The van der Waals surface area contributed by atoms with E-state index in [4.69, 9.17) is 4.74 Å². The Kier molecular flexibility index (Phi) is 7.11. The van der Waals surface area contributed by atoms with E-state index in [2.05, 4.69) is 40.5 Å². The molecule has 4 aromatic rings. The maximum absolute atomic E-state index is 13.4. The Morgan fingerprint density at radius 2 is 1.91 bits per heavy atom. The standard InChI is InChI=1S/C27H27FN4O2S/c1-31(16-19-8-9-20-5-2-3-6-22(20)15-19)25(33)18-35-27-30-29-26(21-10-12-23(28)13-11-21)32(27)17-24-7-4-14-34-24/h2-3,5-6,8-13,15,24H,4,7,14,16-18H2,1H3. The number of rotatable bonds is 8. The Morgan fingerprint density at radius 3 is 2.69 bits per heavy atom. The predicted molar refractivity (Wildman–Crippen MR) is 136 cm³/mol. The normalized spacial score (nSPS) is 15.5. The summed E-state index contributed by atoms with van der Waals surface area (Å²) < 4.78 is 21.3. The second kappa shape index (κ2) is 10.6. The highest BCUT2D eigenvalue weighted by Crippen LogP contribution is 2.27. The Morgan fingerprint density at radius 1 is 1.11 bits per heavy atom. The van der Waals surface area contributed by atoms with E-state index >= 15 is 0 Å². The van der Waals surface area contributed by atoms with Gasteiger partial charge in [-0.15, -0.1) is 10.2 Å². The zero-order valence-electron chi connectivity index (χ0n) is 19.6. The molecule has 0 radical (unpaired) electrons. The Bertz CT molecular complexity index is 1320. The first-order valence-corrected chi connectivity index (χ1v) is 12.7. The third kappa shape index (κ3) is 5.55. The van der Waals surface area contributed by atoms with Crippen molar-refractivity contribution in [2.45, 2.75) is 37.2 Å². The van der Waals surface area contributed by atoms with Gasteiger partial charge >= 0.3 is 0 Å². The highest BCUT2D eigenvalue weighted by molar-refractivity contribution is 7.99. The zero-order chi connectivity index (χ0) is 24.2. The summed E-state index contributed by atoms with van der Waals surface area (Å²) in [7, 11) is 1.82. The second-order valence-corrected chi connectivity index (χ2v) is 9.72. The molecule has 5 rings (SSSR count). The smallest absolute Gasteiger partial charge is 0.233 e. The molecule has 1 aliphatic heterocycles. The summed E-state index contributed by atoms with van der Waals surface area (Å²) in [5.41, 5.74) is 1.87. The lowest BCUT2D eigenvalue weighted by Crippen LogP contribution is -2.28. The van der Waals surface area contributed by atoms with Gasteiger partial charge in [-0.25, -0.2) is 4.39 Å². The third-order valence-electron chi connectivity index (χ3n) is 6.21. The molecular weight excluding hydrogens is 463 g/mol. The summed E-state index contributed by atoms with van der Waals surface area (Å²) >= 11 is 1.37. The SMILES string of the molecule is CN(Cc1ccc2ccccc2c1)C(=O)CSc1nnc(-c2ccc(F)cc2)n1CC1CCCO1. The average molecular weight is 491 g/mol. The number of aromatic nitrogens is 3. The van der Waals surface area contributed by atoms with Gasteiger partial charge in [0.05, 0.1) is 18.4 Å². The van der Waals surface area contributed by atoms with Gasteiger partial charge in [-0.05, 0) is 59.5 Å². The van der Waals surface area contributed by atoms with Crippen LogP contribution in [-0.2, 0) is 22.6 Å². The van der Waals surface area contributed by atoms with E-state index in [0.29, 0.717) is 24.1 Å². The van der Waals surface area contributed by atoms with Crippen LogP contribution in [0.2, 0.25) is 0 Å². The molecule has 180 valence electrons. The van der Waals surface area contributed by atoms with Crippen LogP contribution in [0.5, 0.6) is 0 Å². The van der Waals surface area contributed by atoms with E-state index in [1.165, 1.54) is 29.3 Å². The molecular formula is C27H27FN4O2S. The lowest BCUT2D eigenvalue weighted by Gasteiger charge is -2.18. The molecule has 6 nitrogen and oxygen atoms in total. The summed E-state index contributed by atoms with van der Waals surface area (Å²) in [6.07, 6.45) is 2.08. The fraction of sp³-hybridized carbons (Fsp3) is 0.296. The van der Waals surface area contributed by atoms with Crippen molar-refractivity contribution in [3.8, 4) is 11.4 Å². The van der Waals surface area contributed by atoms with E-state index in [1.54, 1.807) is 17.0 Å². The van der Waals surface area contributed by atoms with E-state index in [0.717, 1.165) is 36.0 Å². The molecule has 8 heteroatoms. The lowest BCUT2D eigenvalue weighted by atomic mass is 10.1. The fourth-order valence-corrected chi connectivity index (χ4v) is 5.19. The second-order valence-electron chi connectivity index (χ2n) is 8.78. The van der Waals surface area contributed by atoms with Gasteiger partial charge < -0.3 is 9.64 Å². The van der Waals surface area contributed by atoms with Gasteiger partial charge in [-0.3, -0.25) is 9.36 Å². The van der Waals surface area contributed by atoms with Crippen LogP contribution in [0, 0.1) is 5.82 Å². The van der Waals surface area contributed by atoms with E-state index in [1.807, 2.05) is 23.7 Å². The quantitative estimate of drug-likeness (QED) is 0.319. The molecule has 1 amide bonds. The molecule has 1 saturated heterocycles. The summed E-state index contributed by atoms with van der Waals surface area (Å²) in [5.74, 6) is 0.615. The van der Waals surface area contributed by atoms with Crippen LogP contribution < -0.4 is 0 Å². The number of carbonyl (C=O) groups is 1. The van der Waals surface area contributed by atoms with Crippen LogP contribution in [-0.4, -0.2) is 51.1 Å². The Balaban J connectivity index is 1.28. The van der Waals surface area contributed by atoms with Gasteiger partial charge in [0.25, 0.3) is 0 Å². The molecule has 0 N–H and O–H groups in total. The fourth-order valence-electron chi connectivity index (χ4n) is 4.30. The van der Waals surface area contributed by atoms with Crippen LogP contribution in [0.25, 0.3) is 22.2 Å². The molecule has 3 aromatic carbocycles. The number of hydrogen-bond donors (Lipinski definition) is 0. The molecule has 1 aliphatic rings. The molecule has 0 saturated carbocycles. The van der Waals surface area contributed by atoms with Crippen LogP contribution in [0.15, 0.2) is 71.9 Å². The van der Waals surface area contributed by atoms with Gasteiger partial charge in [0.1, 0.15) is 5.82 Å². The summed E-state index contributed by atoms with van der Waals surface area (Å²) in [6, 6.07) is 20.7. The van der Waals surface area contributed by atoms with Gasteiger partial charge in [0, 0.05) is 25.8 Å². The maximum Gasteiger partial charge on any atom is 0.233 e. The lowest BCUT2D eigenvalue weighted by molar-refractivity contribution is -0.127. The first-order valence-electron chi connectivity index (χ1n) is 11.7. The maximum atomic E-state index is 13.4. The molecule has 1 fully saturated rings. The topological polar surface area (TPSA) is 60.2 Å². The summed E-state index contributed by atoms with van der Waals surface area (Å²) in [4.78, 5) is 14.7. The van der Waals surface area contributed by atoms with Gasteiger partial charge in [0.15, 0.2) is 11.0 Å². The number of benzene rings is 3. The Hall–Kier alpha value is -3.23. The summed E-state index contributed by atoms with van der Waals surface area (Å²) in [6.45, 7) is 1.88. The zero-order valence-corrected chi connectivity index (χ0v) is 20.4. The van der Waals surface area contributed by atoms with Crippen LogP contribution in [0.3, 0.4) is 0 Å². The molecule has 1 aromatic heterocycles. The van der Waals surface area contributed by atoms with Crippen molar-refractivity contribution >= 4 is 28.4 Å². The Labute approximate surface area is 208 Å². The molecule has 0 spiro atoms. The van der Waals surface area contributed by atoms with Crippen molar-refractivity contribution in [2.24, 2.45) is 0 Å². The van der Waals surface area contributed by atoms with E-state index < -0.39 is 0 Å². The van der Waals surface area contributed by atoms with E-state index in [9.17, 15) is 9.18 Å². The number of hydrogen-bond acceptors (Lipinski definition) is 5. The summed E-state index contributed by atoms with van der Waals surface area (Å²) in [5, 5.41) is 11.7. The molecule has 1 atom stereocenters. The third-order valence-corrected chi connectivity index (χ3v) is 7.17. The molecule has 0 aliphatic carbocycles. The van der Waals surface area contributed by atoms with Crippen molar-refractivity contribution in [2.75, 3.05) is 19.4 Å². The van der Waals surface area contributed by atoms with Crippen molar-refractivity contribution < 1.29 is 13.9 Å². The number of carbonyl (C=O) groups excluding carboxylic acids is 1. The highest BCUT2D eigenvalue weighted by Gasteiger charge is 2.23. The first kappa shape index (κ1) is 23.5. The van der Waals surface area contributed by atoms with E-state index in [-0.39, 0.29) is 23.6 Å². The number of fused-ring (bicyclic) bond motifs is 1. The number of halogens is 1. The monoisotopic (exact) mass is 490 g/mol. The number of ether oxygens (including phenoxy) is 1. The minimum Gasteiger partial charge on any atom is -0.376 e.